The van der Waals surface area contributed by atoms with Crippen LogP contribution in [0.2, 0.25) is 0 Å². The molecule has 10 nitrogen and oxygen atoms in total. The molecule has 1 amide bonds. The van der Waals surface area contributed by atoms with E-state index >= 15 is 4.39 Å². The number of benzene rings is 1. The Morgan fingerprint density at radius 1 is 1.06 bits per heavy atom. The second-order valence-corrected chi connectivity index (χ2v) is 7.90. The molecular weight excluding hydrogens is 425 g/mol. The van der Waals surface area contributed by atoms with Crippen LogP contribution in [0.1, 0.15) is 16.8 Å². The third kappa shape index (κ3) is 4.97. The Morgan fingerprint density at radius 2 is 1.88 bits per heavy atom. The summed E-state index contributed by atoms with van der Waals surface area (Å²) >= 11 is 0. The van der Waals surface area contributed by atoms with Gasteiger partial charge in [-0.15, -0.1) is 0 Å². The number of pyridine rings is 2. The van der Waals surface area contributed by atoms with E-state index in [1.54, 1.807) is 42.6 Å². The van der Waals surface area contributed by atoms with Gasteiger partial charge in [0.15, 0.2) is 0 Å². The van der Waals surface area contributed by atoms with Gasteiger partial charge >= 0.3 is 0 Å². The highest BCUT2D eigenvalue weighted by Crippen LogP contribution is 2.28. The zero-order valence-corrected chi connectivity index (χ0v) is 17.8. The Morgan fingerprint density at radius 3 is 2.55 bits per heavy atom. The smallest absolute Gasteiger partial charge is 0.252 e. The van der Waals surface area contributed by atoms with Gasteiger partial charge in [-0.2, -0.15) is 0 Å². The van der Waals surface area contributed by atoms with Crippen molar-refractivity contribution in [2.45, 2.75) is 18.6 Å². The standard InChI is InChI=1S/C22H26FN9O/c23-15-11-32(21-4-1-12(24)9-29-21)6-5-18(15)31-19-8-20(28-10-14(19)22(27)33)30-13-2-3-16(25)17(26)7-13/h1-4,7-10,15,18H,5-6,11,24-26H2,(H2,27,33)(H2,28,30,31)/t15-,18+/m0/s1. The summed E-state index contributed by atoms with van der Waals surface area (Å²) < 4.78 is 15.1. The van der Waals surface area contributed by atoms with Crippen LogP contribution < -0.4 is 38.5 Å². The zero-order valence-electron chi connectivity index (χ0n) is 17.8. The predicted octanol–water partition coefficient (Wildman–Crippen LogP) is 2.09. The van der Waals surface area contributed by atoms with Crippen molar-refractivity contribution >= 4 is 46.0 Å². The second kappa shape index (κ2) is 9.07. The molecule has 0 radical (unpaired) electrons. The van der Waals surface area contributed by atoms with Crippen molar-refractivity contribution in [3.8, 4) is 0 Å². The molecule has 1 fully saturated rings. The highest BCUT2D eigenvalue weighted by molar-refractivity contribution is 5.98. The number of piperidine rings is 1. The molecule has 10 N–H and O–H groups in total. The van der Waals surface area contributed by atoms with Gasteiger partial charge in [-0.05, 0) is 36.8 Å². The maximum absolute atomic E-state index is 15.1. The fourth-order valence-corrected chi connectivity index (χ4v) is 3.70. The minimum absolute atomic E-state index is 0.154. The number of nitrogens with zero attached hydrogens (tertiary/aromatic N) is 3. The van der Waals surface area contributed by atoms with Gasteiger partial charge in [-0.1, -0.05) is 0 Å². The number of nitrogen functional groups attached to an aromatic ring is 3. The van der Waals surface area contributed by atoms with E-state index in [0.29, 0.717) is 53.0 Å². The molecule has 11 heteroatoms. The van der Waals surface area contributed by atoms with E-state index in [2.05, 4.69) is 20.6 Å². The molecular formula is C22H26FN9O. The van der Waals surface area contributed by atoms with Gasteiger partial charge in [0.25, 0.3) is 5.91 Å². The maximum Gasteiger partial charge on any atom is 0.252 e. The van der Waals surface area contributed by atoms with Crippen molar-refractivity contribution in [1.29, 1.82) is 0 Å². The van der Waals surface area contributed by atoms with Crippen LogP contribution in [0.15, 0.2) is 48.8 Å². The summed E-state index contributed by atoms with van der Waals surface area (Å²) in [7, 11) is 0. The minimum atomic E-state index is -1.21. The number of amides is 1. The van der Waals surface area contributed by atoms with E-state index in [1.165, 1.54) is 6.20 Å². The number of carbonyl (C=O) groups is 1. The molecule has 172 valence electrons. The quantitative estimate of drug-likeness (QED) is 0.307. The van der Waals surface area contributed by atoms with E-state index < -0.39 is 18.1 Å². The summed E-state index contributed by atoms with van der Waals surface area (Å²) in [5.41, 5.74) is 25.5. The number of alkyl halides is 1. The first-order chi connectivity index (χ1) is 15.8. The van der Waals surface area contributed by atoms with Crippen LogP contribution in [0.3, 0.4) is 0 Å². The van der Waals surface area contributed by atoms with Crippen LogP contribution in [-0.4, -0.2) is 41.2 Å². The first kappa shape index (κ1) is 21.9. The molecule has 0 spiro atoms. The number of aromatic nitrogens is 2. The van der Waals surface area contributed by atoms with Gasteiger partial charge in [0.05, 0.1) is 47.1 Å². The number of rotatable bonds is 6. The number of primary amides is 1. The molecule has 3 aromatic rings. The van der Waals surface area contributed by atoms with E-state index in [4.69, 9.17) is 22.9 Å². The third-order valence-electron chi connectivity index (χ3n) is 5.51. The first-order valence-electron chi connectivity index (χ1n) is 10.4. The molecule has 0 saturated carbocycles. The highest BCUT2D eigenvalue weighted by Gasteiger charge is 2.30. The first-order valence-corrected chi connectivity index (χ1v) is 10.4. The molecule has 0 unspecified atom stereocenters. The van der Waals surface area contributed by atoms with Gasteiger partial charge in [-0.3, -0.25) is 4.79 Å². The lowest BCUT2D eigenvalue weighted by Gasteiger charge is -2.36. The highest BCUT2D eigenvalue weighted by atomic mass is 19.1. The van der Waals surface area contributed by atoms with Crippen molar-refractivity contribution in [3.05, 3.63) is 54.4 Å². The van der Waals surface area contributed by atoms with Crippen molar-refractivity contribution < 1.29 is 9.18 Å². The summed E-state index contributed by atoms with van der Waals surface area (Å²) in [5, 5.41) is 6.24. The van der Waals surface area contributed by atoms with E-state index in [9.17, 15) is 4.79 Å². The minimum Gasteiger partial charge on any atom is -0.397 e. The lowest BCUT2D eigenvalue weighted by Crippen LogP contribution is -2.48. The molecule has 2 aromatic heterocycles. The Labute approximate surface area is 190 Å². The average molecular weight is 452 g/mol. The summed E-state index contributed by atoms with van der Waals surface area (Å²) in [5.74, 6) is 0.444. The number of hydrogen-bond donors (Lipinski definition) is 6. The number of carbonyl (C=O) groups excluding carboxylic acids is 1. The average Bonchev–Trinajstić information content (AvgIpc) is 2.78. The maximum atomic E-state index is 15.1. The van der Waals surface area contributed by atoms with Crippen molar-refractivity contribution in [2.24, 2.45) is 5.73 Å². The Balaban J connectivity index is 1.50. The van der Waals surface area contributed by atoms with E-state index in [1.807, 2.05) is 4.90 Å². The van der Waals surface area contributed by atoms with Crippen molar-refractivity contribution in [3.63, 3.8) is 0 Å². The Bertz CT molecular complexity index is 1160. The van der Waals surface area contributed by atoms with Crippen LogP contribution >= 0.6 is 0 Å². The summed E-state index contributed by atoms with van der Waals surface area (Å²) in [6.07, 6.45) is 2.19. The summed E-state index contributed by atoms with van der Waals surface area (Å²) in [6, 6.07) is 9.70. The van der Waals surface area contributed by atoms with Crippen LogP contribution in [0.5, 0.6) is 0 Å². The fourth-order valence-electron chi connectivity index (χ4n) is 3.70. The van der Waals surface area contributed by atoms with E-state index in [0.717, 1.165) is 0 Å². The van der Waals surface area contributed by atoms with Gasteiger partial charge in [0, 0.05) is 24.5 Å². The molecule has 1 aliphatic rings. The van der Waals surface area contributed by atoms with Crippen LogP contribution in [0.25, 0.3) is 0 Å². The molecule has 1 aliphatic heterocycles. The van der Waals surface area contributed by atoms with Gasteiger partial charge < -0.3 is 38.5 Å². The van der Waals surface area contributed by atoms with Gasteiger partial charge in [0.1, 0.15) is 17.8 Å². The molecule has 0 aliphatic carbocycles. The fraction of sp³-hybridized carbons (Fsp3) is 0.227. The molecule has 1 saturated heterocycles. The zero-order chi connectivity index (χ0) is 23.5. The number of nitrogens with two attached hydrogens (primary N) is 4. The molecule has 33 heavy (non-hydrogen) atoms. The second-order valence-electron chi connectivity index (χ2n) is 7.90. The number of anilines is 7. The summed E-state index contributed by atoms with van der Waals surface area (Å²) in [4.78, 5) is 22.3. The lowest BCUT2D eigenvalue weighted by molar-refractivity contribution is 0.100. The van der Waals surface area contributed by atoms with Crippen molar-refractivity contribution in [2.75, 3.05) is 45.8 Å². The molecule has 0 bridgehead atoms. The number of nitrogens with one attached hydrogen (secondary N) is 2. The number of hydrogen-bond acceptors (Lipinski definition) is 9. The van der Waals surface area contributed by atoms with Crippen LogP contribution in [0.4, 0.5) is 44.5 Å². The Kier molecular flexibility index (Phi) is 6.03. The SMILES string of the molecule is NC(=O)c1cnc(Nc2ccc(N)c(N)c2)cc1N[C@@H]1CCN(c2ccc(N)cn2)C[C@@H]1F. The topological polar surface area (TPSA) is 174 Å². The molecule has 4 rings (SSSR count). The van der Waals surface area contributed by atoms with Crippen molar-refractivity contribution in [1.82, 2.24) is 9.97 Å². The van der Waals surface area contributed by atoms with Gasteiger partial charge in [0.2, 0.25) is 0 Å². The predicted molar refractivity (Wildman–Crippen MR) is 129 cm³/mol. The van der Waals surface area contributed by atoms with Crippen LogP contribution in [0, 0.1) is 0 Å². The third-order valence-corrected chi connectivity index (χ3v) is 5.51. The normalized spacial score (nSPS) is 18.0. The van der Waals surface area contributed by atoms with Gasteiger partial charge in [-0.25, -0.2) is 14.4 Å². The largest absolute Gasteiger partial charge is 0.397 e. The van der Waals surface area contributed by atoms with E-state index in [-0.39, 0.29) is 12.1 Å². The summed E-state index contributed by atoms with van der Waals surface area (Å²) in [6.45, 7) is 0.739. The van der Waals surface area contributed by atoms with Crippen LogP contribution in [-0.2, 0) is 0 Å². The monoisotopic (exact) mass is 451 g/mol. The lowest BCUT2D eigenvalue weighted by atomic mass is 10.0. The number of halogens is 1. The Hall–Kier alpha value is -4.28. The molecule has 3 heterocycles. The molecule has 1 aromatic carbocycles. The molecule has 2 atom stereocenters.